The number of rotatable bonds is 5. The van der Waals surface area contributed by atoms with E-state index in [0.717, 1.165) is 32.1 Å². The summed E-state index contributed by atoms with van der Waals surface area (Å²) >= 11 is 0. The largest absolute Gasteiger partial charge is 0.368 e. The van der Waals surface area contributed by atoms with Gasteiger partial charge in [0.05, 0.1) is 0 Å². The van der Waals surface area contributed by atoms with Gasteiger partial charge in [-0.25, -0.2) is 0 Å². The van der Waals surface area contributed by atoms with E-state index in [1.54, 1.807) is 0 Å². The molecule has 4 nitrogen and oxygen atoms in total. The molecule has 1 amide bonds. The molecule has 1 rings (SSSR count). The number of primary amides is 1. The SMILES string of the molecule is CCNC(C)(CN1CCCC(C)C1)C(N)=O. The average molecular weight is 227 g/mol. The van der Waals surface area contributed by atoms with E-state index < -0.39 is 5.54 Å². The number of carbonyl (C=O) groups is 1. The van der Waals surface area contributed by atoms with Gasteiger partial charge in [-0.15, -0.1) is 0 Å². The van der Waals surface area contributed by atoms with Crippen LogP contribution in [0, 0.1) is 5.92 Å². The molecule has 0 bridgehead atoms. The van der Waals surface area contributed by atoms with Gasteiger partial charge in [-0.3, -0.25) is 4.79 Å². The quantitative estimate of drug-likeness (QED) is 0.722. The van der Waals surface area contributed by atoms with Crippen LogP contribution in [-0.4, -0.2) is 42.5 Å². The number of amides is 1. The molecule has 3 N–H and O–H groups in total. The van der Waals surface area contributed by atoms with Crippen molar-refractivity contribution >= 4 is 5.91 Å². The Morgan fingerprint density at radius 1 is 1.62 bits per heavy atom. The summed E-state index contributed by atoms with van der Waals surface area (Å²) in [5.74, 6) is 0.472. The number of likely N-dealkylation sites (N-methyl/N-ethyl adjacent to an activating group) is 1. The second-order valence-electron chi connectivity index (χ2n) is 5.21. The molecule has 1 fully saturated rings. The summed E-state index contributed by atoms with van der Waals surface area (Å²) in [7, 11) is 0. The Labute approximate surface area is 98.6 Å². The molecule has 0 spiro atoms. The smallest absolute Gasteiger partial charge is 0.238 e. The first-order chi connectivity index (χ1) is 7.48. The molecule has 0 radical (unpaired) electrons. The van der Waals surface area contributed by atoms with E-state index in [4.69, 9.17) is 5.73 Å². The van der Waals surface area contributed by atoms with E-state index in [0.29, 0.717) is 0 Å². The van der Waals surface area contributed by atoms with Crippen molar-refractivity contribution in [3.8, 4) is 0 Å². The normalized spacial score (nSPS) is 26.3. The number of nitrogens with one attached hydrogen (secondary N) is 1. The maximum atomic E-state index is 11.5. The second kappa shape index (κ2) is 5.64. The lowest BCUT2D eigenvalue weighted by Gasteiger charge is -2.37. The highest BCUT2D eigenvalue weighted by atomic mass is 16.1. The van der Waals surface area contributed by atoms with Gasteiger partial charge in [0.1, 0.15) is 5.54 Å². The number of carbonyl (C=O) groups excluding carboxylic acids is 1. The Morgan fingerprint density at radius 2 is 2.31 bits per heavy atom. The van der Waals surface area contributed by atoms with Crippen LogP contribution in [0.4, 0.5) is 0 Å². The topological polar surface area (TPSA) is 58.4 Å². The van der Waals surface area contributed by atoms with Crippen LogP contribution in [0.15, 0.2) is 0 Å². The van der Waals surface area contributed by atoms with E-state index in [-0.39, 0.29) is 5.91 Å². The summed E-state index contributed by atoms with van der Waals surface area (Å²) in [6, 6.07) is 0. The third-order valence-electron chi connectivity index (χ3n) is 3.39. The highest BCUT2D eigenvalue weighted by molar-refractivity contribution is 5.84. The lowest BCUT2D eigenvalue weighted by Crippen LogP contribution is -2.60. The first-order valence-electron chi connectivity index (χ1n) is 6.25. The fraction of sp³-hybridized carbons (Fsp3) is 0.917. The van der Waals surface area contributed by atoms with Crippen LogP contribution in [-0.2, 0) is 4.79 Å². The van der Waals surface area contributed by atoms with Gasteiger partial charge in [-0.05, 0) is 38.8 Å². The van der Waals surface area contributed by atoms with Crippen molar-refractivity contribution in [2.45, 2.75) is 39.2 Å². The van der Waals surface area contributed by atoms with Crippen molar-refractivity contribution in [2.24, 2.45) is 11.7 Å². The fourth-order valence-electron chi connectivity index (χ4n) is 2.49. The maximum absolute atomic E-state index is 11.5. The number of hydrogen-bond donors (Lipinski definition) is 2. The van der Waals surface area contributed by atoms with Crippen LogP contribution in [0.1, 0.15) is 33.6 Å². The summed E-state index contributed by atoms with van der Waals surface area (Å²) in [6.07, 6.45) is 2.52. The van der Waals surface area contributed by atoms with Crippen LogP contribution in [0.25, 0.3) is 0 Å². The molecule has 4 heteroatoms. The van der Waals surface area contributed by atoms with Crippen LogP contribution in [0.2, 0.25) is 0 Å². The highest BCUT2D eigenvalue weighted by Crippen LogP contribution is 2.17. The van der Waals surface area contributed by atoms with Gasteiger partial charge in [0.25, 0.3) is 0 Å². The molecular formula is C12H25N3O. The van der Waals surface area contributed by atoms with Crippen LogP contribution in [0.3, 0.4) is 0 Å². The van der Waals surface area contributed by atoms with Gasteiger partial charge in [0.15, 0.2) is 0 Å². The Balaban J connectivity index is 2.57. The van der Waals surface area contributed by atoms with E-state index in [2.05, 4.69) is 17.1 Å². The van der Waals surface area contributed by atoms with Crippen molar-refractivity contribution in [3.63, 3.8) is 0 Å². The van der Waals surface area contributed by atoms with E-state index in [1.807, 2.05) is 13.8 Å². The molecule has 0 aromatic heterocycles. The summed E-state index contributed by atoms with van der Waals surface area (Å²) < 4.78 is 0. The van der Waals surface area contributed by atoms with Crippen molar-refractivity contribution < 1.29 is 4.79 Å². The molecule has 1 saturated heterocycles. The zero-order valence-electron chi connectivity index (χ0n) is 10.8. The molecular weight excluding hydrogens is 202 g/mol. The summed E-state index contributed by atoms with van der Waals surface area (Å²) in [6.45, 7) is 9.81. The van der Waals surface area contributed by atoms with Crippen molar-refractivity contribution in [3.05, 3.63) is 0 Å². The Hall–Kier alpha value is -0.610. The number of hydrogen-bond acceptors (Lipinski definition) is 3. The molecule has 1 aliphatic heterocycles. The van der Waals surface area contributed by atoms with Crippen LogP contribution >= 0.6 is 0 Å². The van der Waals surface area contributed by atoms with Gasteiger partial charge >= 0.3 is 0 Å². The van der Waals surface area contributed by atoms with Gasteiger partial charge < -0.3 is 16.0 Å². The van der Waals surface area contributed by atoms with Gasteiger partial charge in [0, 0.05) is 13.1 Å². The van der Waals surface area contributed by atoms with E-state index in [1.165, 1.54) is 12.8 Å². The summed E-state index contributed by atoms with van der Waals surface area (Å²) in [5, 5.41) is 3.20. The first kappa shape index (κ1) is 13.5. The fourth-order valence-corrected chi connectivity index (χ4v) is 2.49. The zero-order chi connectivity index (χ0) is 12.2. The lowest BCUT2D eigenvalue weighted by molar-refractivity contribution is -0.124. The number of piperidine rings is 1. The van der Waals surface area contributed by atoms with Crippen LogP contribution < -0.4 is 11.1 Å². The molecule has 1 heterocycles. The number of likely N-dealkylation sites (tertiary alicyclic amines) is 1. The minimum atomic E-state index is -0.591. The molecule has 0 aromatic rings. The first-order valence-corrected chi connectivity index (χ1v) is 6.25. The molecule has 1 aliphatic rings. The van der Waals surface area contributed by atoms with E-state index in [9.17, 15) is 4.79 Å². The summed E-state index contributed by atoms with van der Waals surface area (Å²) in [4.78, 5) is 13.8. The Bertz CT molecular complexity index is 244. The molecule has 0 aliphatic carbocycles. The van der Waals surface area contributed by atoms with E-state index >= 15 is 0 Å². The number of nitrogens with zero attached hydrogens (tertiary/aromatic N) is 1. The standard InChI is InChI=1S/C12H25N3O/c1-4-14-12(3,11(13)16)9-15-7-5-6-10(2)8-15/h10,14H,4-9H2,1-3H3,(H2,13,16). The highest BCUT2D eigenvalue weighted by Gasteiger charge is 2.33. The molecule has 0 aromatic carbocycles. The molecule has 2 unspecified atom stereocenters. The predicted molar refractivity (Wildman–Crippen MR) is 66.1 cm³/mol. The van der Waals surface area contributed by atoms with Crippen molar-refractivity contribution in [2.75, 3.05) is 26.2 Å². The minimum Gasteiger partial charge on any atom is -0.368 e. The van der Waals surface area contributed by atoms with Crippen molar-refractivity contribution in [1.82, 2.24) is 10.2 Å². The Morgan fingerprint density at radius 3 is 2.81 bits per heavy atom. The van der Waals surface area contributed by atoms with Crippen molar-refractivity contribution in [1.29, 1.82) is 0 Å². The van der Waals surface area contributed by atoms with Gasteiger partial charge in [-0.2, -0.15) is 0 Å². The maximum Gasteiger partial charge on any atom is 0.238 e. The second-order valence-corrected chi connectivity index (χ2v) is 5.21. The molecule has 16 heavy (non-hydrogen) atoms. The molecule has 0 saturated carbocycles. The van der Waals surface area contributed by atoms with Crippen LogP contribution in [0.5, 0.6) is 0 Å². The molecule has 2 atom stereocenters. The lowest BCUT2D eigenvalue weighted by atomic mass is 9.95. The monoisotopic (exact) mass is 227 g/mol. The van der Waals surface area contributed by atoms with Gasteiger partial charge in [-0.1, -0.05) is 13.8 Å². The third kappa shape index (κ3) is 3.46. The third-order valence-corrected chi connectivity index (χ3v) is 3.39. The Kier molecular flexibility index (Phi) is 4.74. The summed E-state index contributed by atoms with van der Waals surface area (Å²) in [5.41, 5.74) is 4.89. The number of nitrogens with two attached hydrogens (primary N) is 1. The minimum absolute atomic E-state index is 0.257. The zero-order valence-corrected chi connectivity index (χ0v) is 10.8. The van der Waals surface area contributed by atoms with Gasteiger partial charge in [0.2, 0.25) is 5.91 Å². The predicted octanol–water partition coefficient (Wildman–Crippen LogP) is 0.572. The molecule has 94 valence electrons. The average Bonchev–Trinajstić information content (AvgIpc) is 2.17.